The van der Waals surface area contributed by atoms with Gasteiger partial charge in [0.25, 0.3) is 0 Å². The van der Waals surface area contributed by atoms with Crippen LogP contribution in [0.4, 0.5) is 0 Å². The van der Waals surface area contributed by atoms with Gasteiger partial charge in [0.15, 0.2) is 12.4 Å². The molecule has 0 aliphatic carbocycles. The van der Waals surface area contributed by atoms with Crippen LogP contribution in [0.1, 0.15) is 72.0 Å². The highest BCUT2D eigenvalue weighted by Crippen LogP contribution is 2.40. The van der Waals surface area contributed by atoms with Gasteiger partial charge in [-0.3, -0.25) is 14.4 Å². The molecule has 0 spiro atoms. The van der Waals surface area contributed by atoms with E-state index in [0.29, 0.717) is 17.4 Å². The van der Waals surface area contributed by atoms with Crippen molar-refractivity contribution >= 4 is 29.0 Å². The summed E-state index contributed by atoms with van der Waals surface area (Å²) in [5, 5.41) is 19.2. The second-order valence-electron chi connectivity index (χ2n) is 11.4. The van der Waals surface area contributed by atoms with Gasteiger partial charge in [0.2, 0.25) is 0 Å². The van der Waals surface area contributed by atoms with E-state index in [1.165, 1.54) is 0 Å². The fraction of sp³-hybridized carbons (Fsp3) is 0.344. The number of carboxylic acids is 1. The average Bonchev–Trinajstić information content (AvgIpc) is 3.38. The maximum atomic E-state index is 12.0. The van der Waals surface area contributed by atoms with Gasteiger partial charge in [0.1, 0.15) is 28.2 Å². The molecule has 218 valence electrons. The van der Waals surface area contributed by atoms with Crippen molar-refractivity contribution in [3.63, 3.8) is 0 Å². The summed E-state index contributed by atoms with van der Waals surface area (Å²) in [5.41, 5.74) is 6.19. The van der Waals surface area contributed by atoms with Gasteiger partial charge < -0.3 is 14.6 Å². The monoisotopic (exact) mass is 586 g/mol. The number of aromatic nitrogens is 3. The number of aryl methyl sites for hydroxylation is 3. The van der Waals surface area contributed by atoms with Crippen molar-refractivity contribution in [2.45, 2.75) is 66.5 Å². The van der Waals surface area contributed by atoms with Crippen LogP contribution in [0.25, 0.3) is 16.1 Å². The first-order valence-electron chi connectivity index (χ1n) is 13.7. The fourth-order valence-electron chi connectivity index (χ4n) is 5.06. The first-order valence-corrected chi connectivity index (χ1v) is 14.5. The molecule has 2 aromatic carbocycles. The normalized spacial score (nSPS) is 14.5. The number of carbonyl (C=O) groups excluding carboxylic acids is 1. The Morgan fingerprint density at radius 1 is 1.00 bits per heavy atom. The van der Waals surface area contributed by atoms with Crippen molar-refractivity contribution < 1.29 is 24.2 Å². The summed E-state index contributed by atoms with van der Waals surface area (Å²) in [7, 11) is 0. The van der Waals surface area contributed by atoms with Crippen LogP contribution in [0, 0.1) is 27.7 Å². The molecule has 0 bridgehead atoms. The van der Waals surface area contributed by atoms with Gasteiger partial charge in [0, 0.05) is 16.0 Å². The van der Waals surface area contributed by atoms with Gasteiger partial charge in [0.05, 0.1) is 12.1 Å². The van der Waals surface area contributed by atoms with Crippen molar-refractivity contribution in [3.8, 4) is 21.9 Å². The molecule has 9 nitrogen and oxygen atoms in total. The maximum Gasteiger partial charge on any atom is 0.344 e. The molecule has 0 saturated heterocycles. The molecule has 2 aromatic heterocycles. The van der Waals surface area contributed by atoms with Gasteiger partial charge >= 0.3 is 11.9 Å². The van der Waals surface area contributed by atoms with Crippen molar-refractivity contribution in [2.24, 2.45) is 4.99 Å². The number of hydrogen-bond donors (Lipinski definition) is 1. The minimum absolute atomic E-state index is 0.158. The molecule has 1 aliphatic rings. The lowest BCUT2D eigenvalue weighted by Crippen LogP contribution is -2.27. The molecule has 0 unspecified atom stereocenters. The molecule has 42 heavy (non-hydrogen) atoms. The largest absolute Gasteiger partial charge is 0.482 e. The summed E-state index contributed by atoms with van der Waals surface area (Å²) in [4.78, 5) is 30.0. The summed E-state index contributed by atoms with van der Waals surface area (Å²) in [6, 6.07) is 13.2. The number of ether oxygens (including phenoxy) is 2. The zero-order valence-electron chi connectivity index (χ0n) is 24.8. The zero-order chi connectivity index (χ0) is 30.3. The SMILES string of the molecule is Cc1cc(OCC(=O)OC(C)(C)C)ccc1-c1ccc(C2=N[C@@H](CC(=O)O)c3nnc(C)n3-c3sc(C)c(C)c32)cc1. The van der Waals surface area contributed by atoms with Crippen molar-refractivity contribution in [2.75, 3.05) is 6.61 Å². The van der Waals surface area contributed by atoms with Crippen molar-refractivity contribution in [1.82, 2.24) is 14.8 Å². The predicted octanol–water partition coefficient (Wildman–Crippen LogP) is 6.32. The number of nitrogens with zero attached hydrogens (tertiary/aromatic N) is 4. The number of aliphatic imine (C=N–C) groups is 1. The van der Waals surface area contributed by atoms with E-state index in [-0.39, 0.29) is 13.0 Å². The van der Waals surface area contributed by atoms with Gasteiger partial charge in [-0.15, -0.1) is 21.5 Å². The summed E-state index contributed by atoms with van der Waals surface area (Å²) in [5.74, 6) is 0.463. The predicted molar refractivity (Wildman–Crippen MR) is 162 cm³/mol. The minimum atomic E-state index is -0.946. The molecule has 0 radical (unpaired) electrons. The first-order chi connectivity index (χ1) is 19.8. The number of thiophene rings is 1. The van der Waals surface area contributed by atoms with Crippen LogP contribution in [0.15, 0.2) is 47.5 Å². The topological polar surface area (TPSA) is 116 Å². The smallest absolute Gasteiger partial charge is 0.344 e. The molecule has 1 atom stereocenters. The first kappa shape index (κ1) is 29.2. The number of hydrogen-bond acceptors (Lipinski definition) is 8. The zero-order valence-corrected chi connectivity index (χ0v) is 25.6. The number of carbonyl (C=O) groups is 2. The highest BCUT2D eigenvalue weighted by atomic mass is 32.1. The Labute approximate surface area is 248 Å². The fourth-order valence-corrected chi connectivity index (χ4v) is 6.27. The van der Waals surface area contributed by atoms with Crippen molar-refractivity contribution in [3.05, 3.63) is 81.2 Å². The third-order valence-corrected chi connectivity index (χ3v) is 8.24. The molecule has 10 heteroatoms. The molecular formula is C32H34N4O5S. The minimum Gasteiger partial charge on any atom is -0.482 e. The molecule has 0 amide bonds. The van der Waals surface area contributed by atoms with E-state index in [0.717, 1.165) is 49.0 Å². The van der Waals surface area contributed by atoms with Crippen LogP contribution in [-0.2, 0) is 14.3 Å². The van der Waals surface area contributed by atoms with Gasteiger partial charge in [-0.05, 0) is 82.9 Å². The van der Waals surface area contributed by atoms with E-state index in [1.807, 2.05) is 81.7 Å². The summed E-state index contributed by atoms with van der Waals surface area (Å²) < 4.78 is 12.9. The number of esters is 1. The lowest BCUT2D eigenvalue weighted by Gasteiger charge is -2.19. The lowest BCUT2D eigenvalue weighted by molar-refractivity contribution is -0.157. The molecule has 0 saturated carbocycles. The average molecular weight is 587 g/mol. The van der Waals surface area contributed by atoms with E-state index < -0.39 is 23.6 Å². The second-order valence-corrected chi connectivity index (χ2v) is 12.6. The Morgan fingerprint density at radius 2 is 1.69 bits per heavy atom. The Morgan fingerprint density at radius 3 is 2.33 bits per heavy atom. The number of rotatable bonds is 7. The van der Waals surface area contributed by atoms with E-state index in [9.17, 15) is 14.7 Å². The summed E-state index contributed by atoms with van der Waals surface area (Å²) in [6.45, 7) is 13.3. The van der Waals surface area contributed by atoms with Gasteiger partial charge in [-0.25, -0.2) is 4.79 Å². The highest BCUT2D eigenvalue weighted by molar-refractivity contribution is 7.15. The van der Waals surface area contributed by atoms with Crippen LogP contribution in [-0.4, -0.2) is 49.7 Å². The second kappa shape index (κ2) is 11.2. The standard InChI is InChI=1S/C32H34N4O5S/c1-17-14-23(40-16-27(39)41-32(5,6)7)12-13-24(17)21-8-10-22(11-9-21)29-28-18(2)19(3)42-31(28)36-20(4)34-35-30(36)25(33-29)15-26(37)38/h8-14,25H,15-16H2,1-7H3,(H,37,38)/t25-/m0/s1. The van der Waals surface area contributed by atoms with Gasteiger partial charge in [-0.1, -0.05) is 30.3 Å². The van der Waals surface area contributed by atoms with Crippen LogP contribution in [0.3, 0.4) is 0 Å². The molecular weight excluding hydrogens is 552 g/mol. The Bertz CT molecular complexity index is 1710. The number of carboxylic acid groups (broad SMARTS) is 1. The Hall–Kier alpha value is -4.31. The lowest BCUT2D eigenvalue weighted by atomic mass is 9.95. The molecule has 3 heterocycles. The van der Waals surface area contributed by atoms with Crippen LogP contribution in [0.2, 0.25) is 0 Å². The summed E-state index contributed by atoms with van der Waals surface area (Å²) in [6.07, 6.45) is -0.186. The Kier molecular flexibility index (Phi) is 7.76. The maximum absolute atomic E-state index is 12.0. The quantitative estimate of drug-likeness (QED) is 0.252. The van der Waals surface area contributed by atoms with E-state index in [4.69, 9.17) is 14.5 Å². The number of fused-ring (bicyclic) bond motifs is 3. The highest BCUT2D eigenvalue weighted by Gasteiger charge is 2.32. The molecule has 0 fully saturated rings. The summed E-state index contributed by atoms with van der Waals surface area (Å²) >= 11 is 1.64. The van der Waals surface area contributed by atoms with Crippen LogP contribution in [0.5, 0.6) is 5.75 Å². The number of aliphatic carboxylic acids is 1. The number of benzene rings is 2. The third-order valence-electron chi connectivity index (χ3n) is 7.05. The van der Waals surface area contributed by atoms with E-state index in [1.54, 1.807) is 11.3 Å². The molecule has 5 rings (SSSR count). The van der Waals surface area contributed by atoms with E-state index >= 15 is 0 Å². The van der Waals surface area contributed by atoms with Crippen LogP contribution >= 0.6 is 11.3 Å². The van der Waals surface area contributed by atoms with Crippen molar-refractivity contribution in [1.29, 1.82) is 0 Å². The molecule has 1 N–H and O–H groups in total. The molecule has 1 aliphatic heterocycles. The van der Waals surface area contributed by atoms with E-state index in [2.05, 4.69) is 24.0 Å². The Balaban J connectivity index is 1.46. The van der Waals surface area contributed by atoms with Crippen LogP contribution < -0.4 is 4.74 Å². The van der Waals surface area contributed by atoms with Gasteiger partial charge in [-0.2, -0.15) is 0 Å². The molecule has 4 aromatic rings. The third kappa shape index (κ3) is 5.85.